The molecular formula is C28H28F3NO2. The van der Waals surface area contributed by atoms with Gasteiger partial charge in [0.15, 0.2) is 0 Å². The molecule has 0 spiro atoms. The Bertz CT molecular complexity index is 1170. The Morgan fingerprint density at radius 2 is 1.53 bits per heavy atom. The smallest absolute Gasteiger partial charge is 0.410 e. The Balaban J connectivity index is 1.71. The van der Waals surface area contributed by atoms with Crippen LogP contribution in [-0.4, -0.2) is 29.7 Å². The van der Waals surface area contributed by atoms with Gasteiger partial charge in [0.1, 0.15) is 23.1 Å². The summed E-state index contributed by atoms with van der Waals surface area (Å²) in [6, 6.07) is 17.2. The molecule has 0 aromatic heterocycles. The van der Waals surface area contributed by atoms with Crippen molar-refractivity contribution in [2.45, 2.75) is 44.6 Å². The van der Waals surface area contributed by atoms with E-state index >= 15 is 0 Å². The number of ether oxygens (including phenoxy) is 1. The molecule has 6 heteroatoms. The van der Waals surface area contributed by atoms with E-state index in [2.05, 4.69) is 0 Å². The van der Waals surface area contributed by atoms with Crippen LogP contribution in [0.2, 0.25) is 0 Å². The minimum Gasteiger partial charge on any atom is -0.444 e. The molecule has 1 aliphatic heterocycles. The van der Waals surface area contributed by atoms with Gasteiger partial charge in [0.25, 0.3) is 0 Å². The molecule has 0 saturated carbocycles. The molecule has 4 rings (SSSR count). The third-order valence-electron chi connectivity index (χ3n) is 6.41. The van der Waals surface area contributed by atoms with E-state index in [4.69, 9.17) is 4.74 Å². The lowest BCUT2D eigenvalue weighted by Gasteiger charge is -2.31. The van der Waals surface area contributed by atoms with E-state index in [0.717, 1.165) is 11.1 Å². The maximum atomic E-state index is 14.3. The van der Waals surface area contributed by atoms with Gasteiger partial charge in [0.05, 0.1) is 5.56 Å². The highest BCUT2D eigenvalue weighted by Gasteiger charge is 2.47. The van der Waals surface area contributed by atoms with Crippen LogP contribution in [0.15, 0.2) is 66.7 Å². The van der Waals surface area contributed by atoms with Crippen LogP contribution in [0.25, 0.3) is 11.1 Å². The average Bonchev–Trinajstić information content (AvgIpc) is 3.12. The van der Waals surface area contributed by atoms with Gasteiger partial charge in [-0.3, -0.25) is 0 Å². The highest BCUT2D eigenvalue weighted by molar-refractivity contribution is 5.70. The molecule has 0 N–H and O–H groups in total. The zero-order valence-corrected chi connectivity index (χ0v) is 19.7. The number of likely N-dealkylation sites (tertiary alicyclic amines) is 1. The van der Waals surface area contributed by atoms with Crippen molar-refractivity contribution in [2.75, 3.05) is 13.1 Å². The molecule has 1 amide bonds. The van der Waals surface area contributed by atoms with E-state index in [1.54, 1.807) is 29.2 Å². The topological polar surface area (TPSA) is 29.5 Å². The van der Waals surface area contributed by atoms with Gasteiger partial charge in [-0.05, 0) is 61.7 Å². The van der Waals surface area contributed by atoms with Crippen molar-refractivity contribution in [3.05, 3.63) is 95.3 Å². The number of hydrogen-bond acceptors (Lipinski definition) is 2. The Morgan fingerprint density at radius 1 is 0.941 bits per heavy atom. The molecule has 0 aliphatic carbocycles. The minimum absolute atomic E-state index is 0.0721. The Morgan fingerprint density at radius 3 is 2.09 bits per heavy atom. The van der Waals surface area contributed by atoms with E-state index in [-0.39, 0.29) is 17.3 Å². The molecule has 1 saturated heterocycles. The summed E-state index contributed by atoms with van der Waals surface area (Å²) in [5.41, 5.74) is 1.03. The molecule has 178 valence electrons. The summed E-state index contributed by atoms with van der Waals surface area (Å²) < 4.78 is 47.8. The minimum atomic E-state index is -0.632. The first-order chi connectivity index (χ1) is 16.0. The molecule has 3 aromatic carbocycles. The fourth-order valence-electron chi connectivity index (χ4n) is 4.71. The van der Waals surface area contributed by atoms with Crippen LogP contribution in [0, 0.1) is 17.5 Å². The largest absolute Gasteiger partial charge is 0.444 e. The third kappa shape index (κ3) is 4.67. The van der Waals surface area contributed by atoms with E-state index in [9.17, 15) is 18.0 Å². The first-order valence-electron chi connectivity index (χ1n) is 11.3. The summed E-state index contributed by atoms with van der Waals surface area (Å²) in [6.45, 7) is 8.28. The first-order valence-corrected chi connectivity index (χ1v) is 11.3. The number of rotatable bonds is 3. The number of amides is 1. The van der Waals surface area contributed by atoms with Crippen molar-refractivity contribution < 1.29 is 22.7 Å². The van der Waals surface area contributed by atoms with Crippen LogP contribution in [0.4, 0.5) is 18.0 Å². The van der Waals surface area contributed by atoms with Gasteiger partial charge >= 0.3 is 6.09 Å². The van der Waals surface area contributed by atoms with Crippen LogP contribution < -0.4 is 0 Å². The van der Waals surface area contributed by atoms with Crippen LogP contribution in [0.5, 0.6) is 0 Å². The lowest BCUT2D eigenvalue weighted by atomic mass is 9.71. The van der Waals surface area contributed by atoms with E-state index in [1.165, 1.54) is 30.3 Å². The average molecular weight is 468 g/mol. The van der Waals surface area contributed by atoms with Gasteiger partial charge in [0, 0.05) is 24.4 Å². The maximum absolute atomic E-state index is 14.3. The fraction of sp³-hybridized carbons (Fsp3) is 0.321. The molecular weight excluding hydrogens is 439 g/mol. The van der Waals surface area contributed by atoms with E-state index < -0.39 is 28.7 Å². The molecule has 1 fully saturated rings. The van der Waals surface area contributed by atoms with Gasteiger partial charge in [-0.2, -0.15) is 0 Å². The molecule has 2 atom stereocenters. The third-order valence-corrected chi connectivity index (χ3v) is 6.41. The summed E-state index contributed by atoms with van der Waals surface area (Å²) in [5.74, 6) is -1.71. The van der Waals surface area contributed by atoms with Crippen LogP contribution >= 0.6 is 0 Å². The molecule has 3 nitrogen and oxygen atoms in total. The van der Waals surface area contributed by atoms with Crippen molar-refractivity contribution >= 4 is 6.09 Å². The zero-order valence-electron chi connectivity index (χ0n) is 19.7. The highest BCUT2D eigenvalue weighted by atomic mass is 19.1. The fourth-order valence-corrected chi connectivity index (χ4v) is 4.71. The zero-order chi connectivity index (χ0) is 24.7. The standard InChI is InChI=1S/C28H28F3NO2/c1-27(2,3)34-26(33)32-16-22(28(4,17-32)20-12-14-21(29)15-13-20)18-8-10-19(11-9-18)25-23(30)6-5-7-24(25)31/h5-15,22H,16-17H2,1-4H3. The van der Waals surface area contributed by atoms with Gasteiger partial charge < -0.3 is 9.64 Å². The Kier molecular flexibility index (Phi) is 6.19. The van der Waals surface area contributed by atoms with Crippen molar-refractivity contribution in [3.63, 3.8) is 0 Å². The number of benzene rings is 3. The van der Waals surface area contributed by atoms with Gasteiger partial charge in [-0.15, -0.1) is 0 Å². The number of nitrogens with zero attached hydrogens (tertiary/aromatic N) is 1. The summed E-state index contributed by atoms with van der Waals surface area (Å²) in [6.07, 6.45) is -0.409. The molecule has 3 aromatic rings. The van der Waals surface area contributed by atoms with Crippen LogP contribution in [0.1, 0.15) is 44.7 Å². The highest BCUT2D eigenvalue weighted by Crippen LogP contribution is 2.46. The number of carbonyl (C=O) groups is 1. The molecule has 1 heterocycles. The summed E-state index contributed by atoms with van der Waals surface area (Å²) in [7, 11) is 0. The van der Waals surface area contributed by atoms with Gasteiger partial charge in [-0.1, -0.05) is 49.4 Å². The van der Waals surface area contributed by atoms with Gasteiger partial charge in [0.2, 0.25) is 0 Å². The SMILES string of the molecule is CC(C)(C)OC(=O)N1CC(c2ccc(-c3c(F)cccc3F)cc2)C(C)(c2ccc(F)cc2)C1. The van der Waals surface area contributed by atoms with Gasteiger partial charge in [-0.25, -0.2) is 18.0 Å². The first kappa shape index (κ1) is 23.9. The Labute approximate surface area is 198 Å². The van der Waals surface area contributed by atoms with Crippen LogP contribution in [0.3, 0.4) is 0 Å². The van der Waals surface area contributed by atoms with E-state index in [0.29, 0.717) is 18.7 Å². The summed E-state index contributed by atoms with van der Waals surface area (Å²) >= 11 is 0. The normalized spacial score (nSPS) is 20.4. The summed E-state index contributed by atoms with van der Waals surface area (Å²) in [5, 5.41) is 0. The predicted molar refractivity (Wildman–Crippen MR) is 126 cm³/mol. The molecule has 2 unspecified atom stereocenters. The monoisotopic (exact) mass is 467 g/mol. The number of hydrogen-bond donors (Lipinski definition) is 0. The Hall–Kier alpha value is -3.28. The summed E-state index contributed by atoms with van der Waals surface area (Å²) in [4.78, 5) is 14.6. The molecule has 34 heavy (non-hydrogen) atoms. The second-order valence-electron chi connectivity index (χ2n) is 10.1. The number of carbonyl (C=O) groups excluding carboxylic acids is 1. The lowest BCUT2D eigenvalue weighted by Crippen LogP contribution is -2.37. The molecule has 1 aliphatic rings. The predicted octanol–water partition coefficient (Wildman–Crippen LogP) is 7.06. The van der Waals surface area contributed by atoms with Crippen LogP contribution in [-0.2, 0) is 10.2 Å². The lowest BCUT2D eigenvalue weighted by molar-refractivity contribution is 0.0284. The molecule has 0 radical (unpaired) electrons. The van der Waals surface area contributed by atoms with Crippen molar-refractivity contribution in [1.29, 1.82) is 0 Å². The van der Waals surface area contributed by atoms with Crippen molar-refractivity contribution in [1.82, 2.24) is 4.90 Å². The maximum Gasteiger partial charge on any atom is 0.410 e. The van der Waals surface area contributed by atoms with Crippen molar-refractivity contribution in [2.24, 2.45) is 0 Å². The second-order valence-corrected chi connectivity index (χ2v) is 10.1. The second kappa shape index (κ2) is 8.82. The quantitative estimate of drug-likeness (QED) is 0.413. The van der Waals surface area contributed by atoms with E-state index in [1.807, 2.05) is 39.8 Å². The van der Waals surface area contributed by atoms with Crippen molar-refractivity contribution in [3.8, 4) is 11.1 Å². The number of halogens is 3. The molecule has 0 bridgehead atoms.